The van der Waals surface area contributed by atoms with Crippen LogP contribution in [0, 0.1) is 0 Å². The second kappa shape index (κ2) is 3.57. The summed E-state index contributed by atoms with van der Waals surface area (Å²) in [5.41, 5.74) is 9.87. The molecule has 1 saturated carbocycles. The molecule has 0 unspecified atom stereocenters. The van der Waals surface area contributed by atoms with E-state index in [1.807, 2.05) is 24.4 Å². The molecule has 0 atom stereocenters. The standard InChI is InChI=1S/C15H14N4/c16-11-3-1-10(2-4-11)15(6-7-15)14-18-12-5-8-17-9-13(12)19-14/h1-5,8-9H,6-7,16H2,(H,18,19). The van der Waals surface area contributed by atoms with Gasteiger partial charge in [-0.1, -0.05) is 12.1 Å². The summed E-state index contributed by atoms with van der Waals surface area (Å²) in [5.74, 6) is 1.04. The summed E-state index contributed by atoms with van der Waals surface area (Å²) >= 11 is 0. The number of nitrogens with two attached hydrogens (primary N) is 1. The van der Waals surface area contributed by atoms with Gasteiger partial charge < -0.3 is 10.7 Å². The van der Waals surface area contributed by atoms with E-state index in [1.165, 1.54) is 5.56 Å². The highest BCUT2D eigenvalue weighted by atomic mass is 15.0. The fourth-order valence-corrected chi connectivity index (χ4v) is 2.67. The minimum atomic E-state index is 0.0483. The van der Waals surface area contributed by atoms with Crippen molar-refractivity contribution in [2.24, 2.45) is 0 Å². The Hall–Kier alpha value is -2.36. The van der Waals surface area contributed by atoms with E-state index in [9.17, 15) is 0 Å². The molecule has 1 aliphatic rings. The van der Waals surface area contributed by atoms with Gasteiger partial charge in [-0.3, -0.25) is 4.98 Å². The molecule has 19 heavy (non-hydrogen) atoms. The number of hydrogen-bond donors (Lipinski definition) is 2. The Bertz CT molecular complexity index is 705. The summed E-state index contributed by atoms with van der Waals surface area (Å²) in [4.78, 5) is 12.3. The van der Waals surface area contributed by atoms with Crippen LogP contribution in [0.5, 0.6) is 0 Å². The summed E-state index contributed by atoms with van der Waals surface area (Å²) in [7, 11) is 0. The fraction of sp³-hybridized carbons (Fsp3) is 0.200. The van der Waals surface area contributed by atoms with Gasteiger partial charge in [-0.25, -0.2) is 4.98 Å². The number of benzene rings is 1. The highest BCUT2D eigenvalue weighted by Crippen LogP contribution is 2.52. The van der Waals surface area contributed by atoms with Crippen LogP contribution in [0.1, 0.15) is 24.2 Å². The van der Waals surface area contributed by atoms with Gasteiger partial charge in [-0.15, -0.1) is 0 Å². The molecule has 2 heterocycles. The van der Waals surface area contributed by atoms with E-state index in [4.69, 9.17) is 10.7 Å². The van der Waals surface area contributed by atoms with Gasteiger partial charge in [0.2, 0.25) is 0 Å². The number of pyridine rings is 1. The molecule has 0 amide bonds. The molecule has 0 radical (unpaired) electrons. The van der Waals surface area contributed by atoms with Crippen molar-refractivity contribution in [3.05, 3.63) is 54.1 Å². The molecule has 0 bridgehead atoms. The molecule has 2 aromatic heterocycles. The Balaban J connectivity index is 1.84. The lowest BCUT2D eigenvalue weighted by atomic mass is 9.95. The van der Waals surface area contributed by atoms with Gasteiger partial charge in [0.15, 0.2) is 0 Å². The van der Waals surface area contributed by atoms with E-state index in [0.717, 1.165) is 35.4 Å². The Kier molecular flexibility index (Phi) is 1.98. The van der Waals surface area contributed by atoms with Gasteiger partial charge in [0.1, 0.15) is 5.82 Å². The summed E-state index contributed by atoms with van der Waals surface area (Å²) in [5, 5.41) is 0. The van der Waals surface area contributed by atoms with Crippen molar-refractivity contribution in [2.45, 2.75) is 18.3 Å². The molecule has 3 N–H and O–H groups in total. The Morgan fingerprint density at radius 3 is 2.58 bits per heavy atom. The molecule has 94 valence electrons. The summed E-state index contributed by atoms with van der Waals surface area (Å²) in [6.07, 6.45) is 5.86. The van der Waals surface area contributed by atoms with Crippen LogP contribution >= 0.6 is 0 Å². The quantitative estimate of drug-likeness (QED) is 0.687. The molecular weight excluding hydrogens is 236 g/mol. The lowest BCUT2D eigenvalue weighted by Gasteiger charge is -2.12. The van der Waals surface area contributed by atoms with Gasteiger partial charge in [-0.05, 0) is 36.6 Å². The molecule has 4 heteroatoms. The third kappa shape index (κ3) is 1.53. The van der Waals surface area contributed by atoms with Crippen LogP contribution in [0.2, 0.25) is 0 Å². The summed E-state index contributed by atoms with van der Waals surface area (Å²) < 4.78 is 0. The van der Waals surface area contributed by atoms with Crippen LogP contribution in [0.3, 0.4) is 0 Å². The lowest BCUT2D eigenvalue weighted by Crippen LogP contribution is -2.10. The van der Waals surface area contributed by atoms with Gasteiger partial charge >= 0.3 is 0 Å². The van der Waals surface area contributed by atoms with Crippen molar-refractivity contribution in [2.75, 3.05) is 5.73 Å². The average Bonchev–Trinajstić information content (AvgIpc) is 3.13. The van der Waals surface area contributed by atoms with E-state index >= 15 is 0 Å². The molecule has 0 aliphatic heterocycles. The highest BCUT2D eigenvalue weighted by Gasteiger charge is 2.48. The topological polar surface area (TPSA) is 67.6 Å². The third-order valence-electron chi connectivity index (χ3n) is 3.95. The number of nitrogen functional groups attached to an aromatic ring is 1. The van der Waals surface area contributed by atoms with E-state index in [-0.39, 0.29) is 5.41 Å². The predicted molar refractivity (Wildman–Crippen MR) is 74.8 cm³/mol. The first-order valence-corrected chi connectivity index (χ1v) is 6.44. The molecule has 0 spiro atoms. The number of aromatic nitrogens is 3. The first kappa shape index (κ1) is 10.6. The molecule has 0 saturated heterocycles. The van der Waals surface area contributed by atoms with E-state index < -0.39 is 0 Å². The van der Waals surface area contributed by atoms with Crippen molar-refractivity contribution >= 4 is 16.7 Å². The van der Waals surface area contributed by atoms with Crippen LogP contribution in [-0.2, 0) is 5.41 Å². The number of hydrogen-bond acceptors (Lipinski definition) is 3. The van der Waals surface area contributed by atoms with Gasteiger partial charge in [-0.2, -0.15) is 0 Å². The smallest absolute Gasteiger partial charge is 0.117 e. The molecule has 1 aliphatic carbocycles. The Morgan fingerprint density at radius 1 is 1.11 bits per heavy atom. The van der Waals surface area contributed by atoms with Crippen LogP contribution in [0.15, 0.2) is 42.7 Å². The largest absolute Gasteiger partial charge is 0.399 e. The highest BCUT2D eigenvalue weighted by molar-refractivity contribution is 5.74. The number of imidazole rings is 1. The van der Waals surface area contributed by atoms with Gasteiger partial charge in [0.25, 0.3) is 0 Å². The zero-order valence-corrected chi connectivity index (χ0v) is 10.4. The SMILES string of the molecule is Nc1ccc(C2(c3nc4ccncc4[nH]3)CC2)cc1. The minimum Gasteiger partial charge on any atom is -0.399 e. The second-order valence-electron chi connectivity index (χ2n) is 5.18. The van der Waals surface area contributed by atoms with E-state index in [2.05, 4.69) is 22.1 Å². The molecule has 1 fully saturated rings. The third-order valence-corrected chi connectivity index (χ3v) is 3.95. The second-order valence-corrected chi connectivity index (χ2v) is 5.18. The molecule has 4 rings (SSSR count). The average molecular weight is 250 g/mol. The molecule has 4 nitrogen and oxygen atoms in total. The van der Waals surface area contributed by atoms with E-state index in [1.54, 1.807) is 6.20 Å². The van der Waals surface area contributed by atoms with Crippen molar-refractivity contribution < 1.29 is 0 Å². The first-order chi connectivity index (χ1) is 9.28. The summed E-state index contributed by atoms with van der Waals surface area (Å²) in [6, 6.07) is 10.1. The molecule has 1 aromatic carbocycles. The van der Waals surface area contributed by atoms with Crippen molar-refractivity contribution in [3.8, 4) is 0 Å². The minimum absolute atomic E-state index is 0.0483. The van der Waals surface area contributed by atoms with Gasteiger partial charge in [0.05, 0.1) is 22.6 Å². The Morgan fingerprint density at radius 2 is 1.89 bits per heavy atom. The van der Waals surface area contributed by atoms with Crippen molar-refractivity contribution in [1.29, 1.82) is 0 Å². The molecule has 3 aromatic rings. The maximum absolute atomic E-state index is 5.76. The lowest BCUT2D eigenvalue weighted by molar-refractivity contribution is 0.779. The number of aromatic amines is 1. The monoisotopic (exact) mass is 250 g/mol. The zero-order valence-electron chi connectivity index (χ0n) is 10.4. The van der Waals surface area contributed by atoms with Crippen LogP contribution in [-0.4, -0.2) is 15.0 Å². The Labute approximate surface area is 110 Å². The number of fused-ring (bicyclic) bond motifs is 1. The number of rotatable bonds is 2. The first-order valence-electron chi connectivity index (χ1n) is 6.44. The fourth-order valence-electron chi connectivity index (χ4n) is 2.67. The number of anilines is 1. The van der Waals surface area contributed by atoms with Crippen LogP contribution in [0.4, 0.5) is 5.69 Å². The van der Waals surface area contributed by atoms with Crippen molar-refractivity contribution in [1.82, 2.24) is 15.0 Å². The van der Waals surface area contributed by atoms with E-state index in [0.29, 0.717) is 0 Å². The number of H-pyrrole nitrogens is 1. The zero-order chi connectivity index (χ0) is 12.9. The maximum Gasteiger partial charge on any atom is 0.117 e. The normalized spacial score (nSPS) is 16.6. The van der Waals surface area contributed by atoms with Crippen molar-refractivity contribution in [3.63, 3.8) is 0 Å². The maximum atomic E-state index is 5.76. The molecular formula is C15H14N4. The van der Waals surface area contributed by atoms with Crippen LogP contribution in [0.25, 0.3) is 11.0 Å². The number of nitrogens with one attached hydrogen (secondary N) is 1. The van der Waals surface area contributed by atoms with Gasteiger partial charge in [0, 0.05) is 11.9 Å². The van der Waals surface area contributed by atoms with Crippen LogP contribution < -0.4 is 5.73 Å². The summed E-state index contributed by atoms with van der Waals surface area (Å²) in [6.45, 7) is 0. The predicted octanol–water partition coefficient (Wildman–Crippen LogP) is 2.62. The number of nitrogens with zero attached hydrogens (tertiary/aromatic N) is 2.